The Hall–Kier alpha value is -3.79. The van der Waals surface area contributed by atoms with Crippen LogP contribution in [0.2, 0.25) is 0 Å². The fourth-order valence-corrected chi connectivity index (χ4v) is 4.81. The first-order valence-corrected chi connectivity index (χ1v) is 12.4. The molecule has 1 N–H and O–H groups in total. The molecule has 0 aliphatic carbocycles. The number of carboxylic acid groups (broad SMARTS) is 1. The van der Waals surface area contributed by atoms with E-state index in [9.17, 15) is 27.9 Å². The molecule has 0 bridgehead atoms. The number of hydrogen-bond acceptors (Lipinski definition) is 5. The van der Waals surface area contributed by atoms with Crippen LogP contribution in [0.5, 0.6) is 11.5 Å². The molecule has 1 aliphatic rings. The van der Waals surface area contributed by atoms with E-state index in [-0.39, 0.29) is 22.8 Å². The molecule has 2 aromatic carbocycles. The van der Waals surface area contributed by atoms with E-state index < -0.39 is 17.8 Å². The third-order valence-corrected chi connectivity index (χ3v) is 6.69. The monoisotopic (exact) mass is 545 g/mol. The first-order chi connectivity index (χ1) is 18.3. The molecule has 10 heteroatoms. The van der Waals surface area contributed by atoms with Crippen LogP contribution in [-0.2, 0) is 11.2 Å². The second-order valence-electron chi connectivity index (χ2n) is 10.5. The predicted octanol–water partition coefficient (Wildman–Crippen LogP) is 6.34. The van der Waals surface area contributed by atoms with Crippen LogP contribution < -0.4 is 14.9 Å². The molecule has 1 aromatic heterocycles. The average Bonchev–Trinajstić information content (AvgIpc) is 2.84. The van der Waals surface area contributed by atoms with Gasteiger partial charge in [-0.3, -0.25) is 4.79 Å². The molecule has 7 nitrogen and oxygen atoms in total. The lowest BCUT2D eigenvalue weighted by atomic mass is 9.78. The van der Waals surface area contributed by atoms with Crippen LogP contribution in [-0.4, -0.2) is 42.3 Å². The molecule has 0 spiro atoms. The van der Waals surface area contributed by atoms with E-state index in [1.807, 2.05) is 37.5 Å². The molecule has 1 unspecified atom stereocenters. The third-order valence-electron chi connectivity index (χ3n) is 6.69. The highest BCUT2D eigenvalue weighted by molar-refractivity contribution is 5.88. The molecule has 39 heavy (non-hydrogen) atoms. The van der Waals surface area contributed by atoms with E-state index in [4.69, 9.17) is 9.47 Å². The van der Waals surface area contributed by atoms with Gasteiger partial charge in [-0.2, -0.15) is 0 Å². The van der Waals surface area contributed by atoms with Crippen molar-refractivity contribution in [3.05, 3.63) is 70.0 Å². The minimum Gasteiger partial charge on any atom is -0.493 e. The molecule has 0 saturated heterocycles. The highest BCUT2D eigenvalue weighted by Crippen LogP contribution is 2.46. The quantitative estimate of drug-likeness (QED) is 0.333. The van der Waals surface area contributed by atoms with Crippen molar-refractivity contribution in [2.45, 2.75) is 46.0 Å². The van der Waals surface area contributed by atoms with Gasteiger partial charge in [0.1, 0.15) is 17.1 Å². The molecule has 0 fully saturated rings. The SMILES string of the molecule is COCCCOc1cc2c(cc1-c1ccc(OC(F)(F)F)cc1)-c1cc(=O)c(C(=O)O)cn1C(C(C)(C)C)C2. The lowest BCUT2D eigenvalue weighted by molar-refractivity contribution is -0.274. The maximum absolute atomic E-state index is 12.7. The number of methoxy groups -OCH3 is 1. The summed E-state index contributed by atoms with van der Waals surface area (Å²) in [7, 11) is 1.59. The van der Waals surface area contributed by atoms with Gasteiger partial charge in [0.15, 0.2) is 5.43 Å². The number of ether oxygens (including phenoxy) is 3. The summed E-state index contributed by atoms with van der Waals surface area (Å²) in [6.07, 6.45) is -2.22. The number of carbonyl (C=O) groups is 1. The number of benzene rings is 2. The lowest BCUT2D eigenvalue weighted by Gasteiger charge is -2.39. The van der Waals surface area contributed by atoms with Crippen molar-refractivity contribution in [1.82, 2.24) is 4.57 Å². The minimum atomic E-state index is -4.81. The Labute approximate surface area is 223 Å². The van der Waals surface area contributed by atoms with Crippen LogP contribution in [0.25, 0.3) is 22.4 Å². The van der Waals surface area contributed by atoms with Crippen LogP contribution in [0.1, 0.15) is 49.2 Å². The standard InChI is InChI=1S/C29H30F3NO6/c1-28(2,3)26-13-18-12-25(38-11-5-10-37-4)21(17-6-8-19(9-7-17)39-29(30,31)32)14-20(18)23-15-24(34)22(27(35)36)16-33(23)26/h6-9,12,14-16,26H,5,10-11,13H2,1-4H3,(H,35,36). The minimum absolute atomic E-state index is 0.148. The van der Waals surface area contributed by atoms with Crippen molar-refractivity contribution >= 4 is 5.97 Å². The number of carboxylic acids is 1. The number of aromatic nitrogens is 1. The summed E-state index contributed by atoms with van der Waals surface area (Å²) in [5, 5.41) is 9.57. The van der Waals surface area contributed by atoms with Crippen molar-refractivity contribution in [3.63, 3.8) is 0 Å². The van der Waals surface area contributed by atoms with Gasteiger partial charge in [-0.05, 0) is 47.2 Å². The summed E-state index contributed by atoms with van der Waals surface area (Å²) < 4.78 is 55.1. The molecule has 1 aliphatic heterocycles. The Morgan fingerprint density at radius 2 is 1.74 bits per heavy atom. The van der Waals surface area contributed by atoms with Gasteiger partial charge in [-0.25, -0.2) is 4.79 Å². The van der Waals surface area contributed by atoms with Crippen molar-refractivity contribution in [1.29, 1.82) is 0 Å². The second kappa shape index (κ2) is 10.8. The smallest absolute Gasteiger partial charge is 0.493 e. The fraction of sp³-hybridized carbons (Fsp3) is 0.379. The van der Waals surface area contributed by atoms with Crippen molar-refractivity contribution in [2.75, 3.05) is 20.3 Å². The summed E-state index contributed by atoms with van der Waals surface area (Å²) in [5.41, 5.74) is 2.21. The molecule has 2 heterocycles. The zero-order chi connectivity index (χ0) is 28.5. The topological polar surface area (TPSA) is 87.0 Å². The number of rotatable bonds is 8. The Morgan fingerprint density at radius 1 is 1.05 bits per heavy atom. The third kappa shape index (κ3) is 6.27. The average molecular weight is 546 g/mol. The molecule has 0 amide bonds. The predicted molar refractivity (Wildman–Crippen MR) is 139 cm³/mol. The maximum Gasteiger partial charge on any atom is 0.573 e. The van der Waals surface area contributed by atoms with Gasteiger partial charge in [0.2, 0.25) is 0 Å². The highest BCUT2D eigenvalue weighted by atomic mass is 19.4. The molecular formula is C29H30F3NO6. The summed E-state index contributed by atoms with van der Waals surface area (Å²) in [6, 6.07) is 10.4. The number of aromatic carboxylic acids is 1. The highest BCUT2D eigenvalue weighted by Gasteiger charge is 2.34. The van der Waals surface area contributed by atoms with Gasteiger partial charge >= 0.3 is 12.3 Å². The Kier molecular flexibility index (Phi) is 7.79. The van der Waals surface area contributed by atoms with Crippen LogP contribution in [0.3, 0.4) is 0 Å². The second-order valence-corrected chi connectivity index (χ2v) is 10.5. The zero-order valence-corrected chi connectivity index (χ0v) is 22.1. The summed E-state index contributed by atoms with van der Waals surface area (Å²) in [6.45, 7) is 7.00. The van der Waals surface area contributed by atoms with Gasteiger partial charge in [0.25, 0.3) is 0 Å². The van der Waals surface area contributed by atoms with E-state index in [0.717, 1.165) is 11.1 Å². The number of nitrogens with zero attached hydrogens (tertiary/aromatic N) is 1. The number of alkyl halides is 3. The normalized spacial score (nSPS) is 14.9. The zero-order valence-electron chi connectivity index (χ0n) is 22.1. The fourth-order valence-electron chi connectivity index (χ4n) is 4.81. The Balaban J connectivity index is 1.88. The summed E-state index contributed by atoms with van der Waals surface area (Å²) in [5.74, 6) is -1.10. The molecule has 4 rings (SSSR count). The lowest BCUT2D eigenvalue weighted by Crippen LogP contribution is -2.32. The van der Waals surface area contributed by atoms with Crippen molar-refractivity contribution < 1.29 is 37.3 Å². The van der Waals surface area contributed by atoms with E-state index in [1.165, 1.54) is 36.5 Å². The summed E-state index contributed by atoms with van der Waals surface area (Å²) >= 11 is 0. The molecule has 208 valence electrons. The molecule has 0 radical (unpaired) electrons. The molecule has 3 aromatic rings. The van der Waals surface area contributed by atoms with Crippen LogP contribution in [0.4, 0.5) is 13.2 Å². The van der Waals surface area contributed by atoms with Gasteiger partial charge in [-0.15, -0.1) is 13.2 Å². The first kappa shape index (κ1) is 28.2. The van der Waals surface area contributed by atoms with E-state index in [2.05, 4.69) is 4.74 Å². The van der Waals surface area contributed by atoms with Crippen LogP contribution >= 0.6 is 0 Å². The summed E-state index contributed by atoms with van der Waals surface area (Å²) in [4.78, 5) is 24.5. The van der Waals surface area contributed by atoms with Crippen LogP contribution in [0.15, 0.2) is 53.5 Å². The van der Waals surface area contributed by atoms with Gasteiger partial charge in [0, 0.05) is 49.6 Å². The van der Waals surface area contributed by atoms with E-state index in [0.29, 0.717) is 48.6 Å². The van der Waals surface area contributed by atoms with E-state index in [1.54, 1.807) is 7.11 Å². The maximum atomic E-state index is 12.7. The van der Waals surface area contributed by atoms with Crippen LogP contribution in [0, 0.1) is 5.41 Å². The number of hydrogen-bond donors (Lipinski definition) is 1. The largest absolute Gasteiger partial charge is 0.573 e. The van der Waals surface area contributed by atoms with Gasteiger partial charge in [0.05, 0.1) is 12.3 Å². The Morgan fingerprint density at radius 3 is 2.33 bits per heavy atom. The molecule has 1 atom stereocenters. The molecular weight excluding hydrogens is 515 g/mol. The van der Waals surface area contributed by atoms with Gasteiger partial charge < -0.3 is 23.9 Å². The number of halogens is 3. The number of pyridine rings is 1. The number of fused-ring (bicyclic) bond motifs is 3. The first-order valence-electron chi connectivity index (χ1n) is 12.4. The Bertz CT molecular complexity index is 1420. The van der Waals surface area contributed by atoms with E-state index >= 15 is 0 Å². The van der Waals surface area contributed by atoms with Crippen molar-refractivity contribution in [2.24, 2.45) is 5.41 Å². The molecule has 0 saturated carbocycles. The van der Waals surface area contributed by atoms with Gasteiger partial charge in [-0.1, -0.05) is 32.9 Å². The van der Waals surface area contributed by atoms with Crippen molar-refractivity contribution in [3.8, 4) is 33.9 Å².